The zero-order valence-electron chi connectivity index (χ0n) is 18.3. The predicted octanol–water partition coefficient (Wildman–Crippen LogP) is 4.55. The number of amides is 1. The number of aryl methyl sites for hydroxylation is 1. The van der Waals surface area contributed by atoms with E-state index in [1.54, 1.807) is 29.3 Å². The first-order valence-electron chi connectivity index (χ1n) is 10.9. The van der Waals surface area contributed by atoms with Crippen LogP contribution >= 0.6 is 0 Å². The summed E-state index contributed by atoms with van der Waals surface area (Å²) in [5.41, 5.74) is 2.07. The SMILES string of the molecule is O=C(CN(c1ccc(F)cc1)S(=O)(=O)c1cccc2cnccc12)N1CCCc2ccccc21. The standard InChI is InChI=1S/C26H22FN3O3S/c27-21-10-12-22(13-11-21)30(18-26(31)29-16-4-7-19-5-1-2-8-24(19)29)34(32,33)25-9-3-6-20-17-28-15-14-23(20)25/h1-3,5-6,8-15,17H,4,7,16,18H2. The van der Waals surface area contributed by atoms with Gasteiger partial charge >= 0.3 is 0 Å². The van der Waals surface area contributed by atoms with Gasteiger partial charge in [0.2, 0.25) is 5.91 Å². The van der Waals surface area contributed by atoms with E-state index in [9.17, 15) is 17.6 Å². The lowest BCUT2D eigenvalue weighted by molar-refractivity contribution is -0.117. The van der Waals surface area contributed by atoms with E-state index in [1.807, 2.05) is 24.3 Å². The summed E-state index contributed by atoms with van der Waals surface area (Å²) in [6, 6.07) is 19.3. The molecule has 1 aliphatic rings. The number of carbonyl (C=O) groups is 1. The van der Waals surface area contributed by atoms with Crippen LogP contribution in [0.3, 0.4) is 0 Å². The molecule has 4 aromatic rings. The summed E-state index contributed by atoms with van der Waals surface area (Å²) < 4.78 is 42.6. The molecule has 6 nitrogen and oxygen atoms in total. The minimum absolute atomic E-state index is 0.0589. The van der Waals surface area contributed by atoms with E-state index in [2.05, 4.69) is 4.98 Å². The number of rotatable bonds is 5. The topological polar surface area (TPSA) is 70.6 Å². The quantitative estimate of drug-likeness (QED) is 0.425. The van der Waals surface area contributed by atoms with Gasteiger partial charge in [-0.3, -0.25) is 14.1 Å². The molecule has 0 saturated heterocycles. The van der Waals surface area contributed by atoms with Gasteiger partial charge in [-0.25, -0.2) is 12.8 Å². The average molecular weight is 476 g/mol. The van der Waals surface area contributed by atoms with Crippen molar-refractivity contribution in [3.8, 4) is 0 Å². The molecule has 0 atom stereocenters. The van der Waals surface area contributed by atoms with Crippen LogP contribution in [0.15, 0.2) is 90.1 Å². The summed E-state index contributed by atoms with van der Waals surface area (Å²) in [4.78, 5) is 19.3. The predicted molar refractivity (Wildman–Crippen MR) is 130 cm³/mol. The number of hydrogen-bond acceptors (Lipinski definition) is 4. The van der Waals surface area contributed by atoms with Crippen molar-refractivity contribution in [2.24, 2.45) is 0 Å². The van der Waals surface area contributed by atoms with Crippen molar-refractivity contribution < 1.29 is 17.6 Å². The summed E-state index contributed by atoms with van der Waals surface area (Å²) in [5.74, 6) is -0.837. The monoisotopic (exact) mass is 475 g/mol. The molecule has 0 radical (unpaired) electrons. The first-order chi connectivity index (χ1) is 16.4. The lowest BCUT2D eigenvalue weighted by Gasteiger charge is -2.32. The van der Waals surface area contributed by atoms with Crippen LogP contribution in [0.1, 0.15) is 12.0 Å². The van der Waals surface area contributed by atoms with Crippen LogP contribution in [0, 0.1) is 5.82 Å². The van der Waals surface area contributed by atoms with Gasteiger partial charge in [-0.1, -0.05) is 30.3 Å². The number of pyridine rings is 1. The van der Waals surface area contributed by atoms with Crippen molar-refractivity contribution in [3.63, 3.8) is 0 Å². The van der Waals surface area contributed by atoms with Gasteiger partial charge in [0, 0.05) is 35.4 Å². The minimum Gasteiger partial charge on any atom is -0.311 e. The largest absolute Gasteiger partial charge is 0.311 e. The molecule has 0 spiro atoms. The van der Waals surface area contributed by atoms with Crippen molar-refractivity contribution >= 4 is 38.1 Å². The fraction of sp³-hybridized carbons (Fsp3) is 0.154. The van der Waals surface area contributed by atoms with Crippen molar-refractivity contribution in [1.29, 1.82) is 0 Å². The van der Waals surface area contributed by atoms with E-state index in [-0.39, 0.29) is 16.5 Å². The van der Waals surface area contributed by atoms with Gasteiger partial charge in [0.1, 0.15) is 12.4 Å². The highest BCUT2D eigenvalue weighted by Crippen LogP contribution is 2.31. The summed E-state index contributed by atoms with van der Waals surface area (Å²) in [6.45, 7) is 0.0941. The van der Waals surface area contributed by atoms with Gasteiger partial charge in [0.15, 0.2) is 0 Å². The van der Waals surface area contributed by atoms with Crippen molar-refractivity contribution in [3.05, 3.63) is 96.6 Å². The van der Waals surface area contributed by atoms with Gasteiger partial charge in [-0.05, 0) is 60.9 Å². The Morgan fingerprint density at radius 2 is 1.79 bits per heavy atom. The second-order valence-electron chi connectivity index (χ2n) is 8.12. The number of para-hydroxylation sites is 1. The Balaban J connectivity index is 1.58. The number of carbonyl (C=O) groups excluding carboxylic acids is 1. The van der Waals surface area contributed by atoms with Gasteiger partial charge in [-0.15, -0.1) is 0 Å². The Morgan fingerprint density at radius 1 is 1.00 bits per heavy atom. The number of benzene rings is 3. The summed E-state index contributed by atoms with van der Waals surface area (Å²) in [5, 5.41) is 1.17. The van der Waals surface area contributed by atoms with Gasteiger partial charge in [0.05, 0.1) is 10.6 Å². The third kappa shape index (κ3) is 4.01. The van der Waals surface area contributed by atoms with Gasteiger partial charge in [0.25, 0.3) is 10.0 Å². The maximum atomic E-state index is 13.9. The number of anilines is 2. The highest BCUT2D eigenvalue weighted by atomic mass is 32.2. The van der Waals surface area contributed by atoms with E-state index >= 15 is 0 Å². The molecule has 172 valence electrons. The fourth-order valence-electron chi connectivity index (χ4n) is 4.36. The molecular formula is C26H22FN3O3S. The smallest absolute Gasteiger partial charge is 0.265 e. The van der Waals surface area contributed by atoms with Crippen molar-refractivity contribution in [2.75, 3.05) is 22.3 Å². The third-order valence-corrected chi connectivity index (χ3v) is 7.85. The first-order valence-corrected chi connectivity index (χ1v) is 12.4. The van der Waals surface area contributed by atoms with E-state index in [0.29, 0.717) is 17.3 Å². The van der Waals surface area contributed by atoms with Gasteiger partial charge < -0.3 is 4.90 Å². The molecule has 0 fully saturated rings. The van der Waals surface area contributed by atoms with Gasteiger partial charge in [-0.2, -0.15) is 0 Å². The number of halogens is 1. The second-order valence-corrected chi connectivity index (χ2v) is 9.95. The molecular weight excluding hydrogens is 453 g/mol. The molecule has 5 rings (SSSR count). The molecule has 1 amide bonds. The zero-order chi connectivity index (χ0) is 23.7. The molecule has 0 N–H and O–H groups in total. The summed E-state index contributed by atoms with van der Waals surface area (Å²) >= 11 is 0. The Morgan fingerprint density at radius 3 is 2.62 bits per heavy atom. The molecule has 2 heterocycles. The Kier molecular flexibility index (Phi) is 5.75. The molecule has 0 saturated carbocycles. The molecule has 34 heavy (non-hydrogen) atoms. The maximum Gasteiger partial charge on any atom is 0.265 e. The van der Waals surface area contributed by atoms with Crippen LogP contribution in [0.25, 0.3) is 10.8 Å². The second kappa shape index (κ2) is 8.87. The molecule has 0 aliphatic carbocycles. The van der Waals surface area contributed by atoms with Crippen LogP contribution in [-0.2, 0) is 21.2 Å². The first kappa shape index (κ1) is 22.0. The van der Waals surface area contributed by atoms with E-state index in [1.165, 1.54) is 36.5 Å². The number of aromatic nitrogens is 1. The summed E-state index contributed by atoms with van der Waals surface area (Å²) in [7, 11) is -4.17. The molecule has 1 aromatic heterocycles. The number of hydrogen-bond donors (Lipinski definition) is 0. The lowest BCUT2D eigenvalue weighted by Crippen LogP contribution is -2.45. The third-order valence-electron chi connectivity index (χ3n) is 6.01. The molecule has 8 heteroatoms. The van der Waals surface area contributed by atoms with Crippen molar-refractivity contribution in [1.82, 2.24) is 4.98 Å². The van der Waals surface area contributed by atoms with E-state index < -0.39 is 22.4 Å². The summed E-state index contributed by atoms with van der Waals surface area (Å²) in [6.07, 6.45) is 4.78. The molecule has 0 unspecified atom stereocenters. The normalized spacial score (nSPS) is 13.5. The molecule has 1 aliphatic heterocycles. The lowest BCUT2D eigenvalue weighted by atomic mass is 10.0. The number of fused-ring (bicyclic) bond motifs is 2. The Bertz CT molecular complexity index is 1470. The van der Waals surface area contributed by atoms with E-state index in [4.69, 9.17) is 0 Å². The molecule has 3 aromatic carbocycles. The zero-order valence-corrected chi connectivity index (χ0v) is 19.1. The van der Waals surface area contributed by atoms with Crippen molar-refractivity contribution in [2.45, 2.75) is 17.7 Å². The highest BCUT2D eigenvalue weighted by molar-refractivity contribution is 7.93. The number of sulfonamides is 1. The molecule has 0 bridgehead atoms. The van der Waals surface area contributed by atoms with Crippen LogP contribution in [-0.4, -0.2) is 32.4 Å². The van der Waals surface area contributed by atoms with E-state index in [0.717, 1.165) is 28.4 Å². The minimum atomic E-state index is -4.17. The average Bonchev–Trinajstić information content (AvgIpc) is 2.87. The fourth-order valence-corrected chi connectivity index (χ4v) is 5.99. The maximum absolute atomic E-state index is 13.9. The number of nitrogens with zero attached hydrogens (tertiary/aromatic N) is 3. The van der Waals surface area contributed by atoms with Crippen LogP contribution in [0.4, 0.5) is 15.8 Å². The van der Waals surface area contributed by atoms with Crippen LogP contribution < -0.4 is 9.21 Å². The van der Waals surface area contributed by atoms with Crippen LogP contribution in [0.5, 0.6) is 0 Å². The highest BCUT2D eigenvalue weighted by Gasteiger charge is 2.32. The Labute approximate surface area is 197 Å². The van der Waals surface area contributed by atoms with Crippen LogP contribution in [0.2, 0.25) is 0 Å². The Hall–Kier alpha value is -3.78.